The number of rotatable bonds is 6. The van der Waals surface area contributed by atoms with Crippen molar-refractivity contribution in [3.63, 3.8) is 0 Å². The summed E-state index contributed by atoms with van der Waals surface area (Å²) in [6, 6.07) is 0. The first kappa shape index (κ1) is 16.0. The van der Waals surface area contributed by atoms with Gasteiger partial charge in [0.05, 0.1) is 5.56 Å². The largest absolute Gasteiger partial charge is 0.481 e. The average Bonchev–Trinajstić information content (AvgIpc) is 2.85. The molecular weight excluding hydrogens is 286 g/mol. The van der Waals surface area contributed by atoms with E-state index in [-0.39, 0.29) is 18.2 Å². The number of carboxylic acid groups (broad SMARTS) is 1. The van der Waals surface area contributed by atoms with Crippen molar-refractivity contribution in [3.05, 3.63) is 21.4 Å². The van der Waals surface area contributed by atoms with Crippen LogP contribution in [0.25, 0.3) is 0 Å². The highest BCUT2D eigenvalue weighted by atomic mass is 32.1. The normalized spacial score (nSPS) is 18.9. The van der Waals surface area contributed by atoms with Crippen LogP contribution in [0, 0.1) is 11.8 Å². The van der Waals surface area contributed by atoms with Gasteiger partial charge in [-0.15, -0.1) is 11.3 Å². The Kier molecular flexibility index (Phi) is 5.39. The molecule has 2 unspecified atom stereocenters. The Labute approximate surface area is 129 Å². The summed E-state index contributed by atoms with van der Waals surface area (Å²) in [5.41, 5.74) is 2.01. The maximum atomic E-state index is 12.3. The van der Waals surface area contributed by atoms with Crippen LogP contribution >= 0.6 is 11.3 Å². The van der Waals surface area contributed by atoms with Crippen LogP contribution in [0.3, 0.4) is 0 Å². The van der Waals surface area contributed by atoms with Gasteiger partial charge in [-0.25, -0.2) is 0 Å². The molecule has 0 spiro atoms. The third-order valence-corrected chi connectivity index (χ3v) is 5.29. The van der Waals surface area contributed by atoms with Crippen LogP contribution in [0.5, 0.6) is 0 Å². The molecule has 1 aromatic heterocycles. The number of carboxylic acids is 1. The molecule has 1 aromatic rings. The lowest BCUT2D eigenvalue weighted by Crippen LogP contribution is -2.30. The van der Waals surface area contributed by atoms with Crippen molar-refractivity contribution in [1.82, 2.24) is 5.32 Å². The van der Waals surface area contributed by atoms with Gasteiger partial charge >= 0.3 is 5.97 Å². The SMILES string of the molecule is CCC(CNC(=O)c1csc2c1CCC(C)C2)CC(=O)O. The van der Waals surface area contributed by atoms with Crippen LogP contribution in [-0.4, -0.2) is 23.5 Å². The van der Waals surface area contributed by atoms with Gasteiger partial charge in [-0.1, -0.05) is 20.3 Å². The molecule has 0 saturated carbocycles. The van der Waals surface area contributed by atoms with E-state index in [0.717, 1.165) is 31.2 Å². The molecule has 5 heteroatoms. The van der Waals surface area contributed by atoms with Crippen LogP contribution in [0.4, 0.5) is 0 Å². The summed E-state index contributed by atoms with van der Waals surface area (Å²) in [6.07, 6.45) is 4.06. The Morgan fingerprint density at radius 2 is 2.29 bits per heavy atom. The number of aliphatic carboxylic acids is 1. The molecule has 1 aliphatic rings. The van der Waals surface area contributed by atoms with Crippen LogP contribution in [0.15, 0.2) is 5.38 Å². The zero-order chi connectivity index (χ0) is 15.4. The fourth-order valence-electron chi connectivity index (χ4n) is 2.81. The summed E-state index contributed by atoms with van der Waals surface area (Å²) in [4.78, 5) is 24.4. The van der Waals surface area contributed by atoms with Gasteiger partial charge in [0.1, 0.15) is 0 Å². The van der Waals surface area contributed by atoms with Crippen molar-refractivity contribution in [1.29, 1.82) is 0 Å². The van der Waals surface area contributed by atoms with Crippen LogP contribution in [0.2, 0.25) is 0 Å². The Hall–Kier alpha value is -1.36. The van der Waals surface area contributed by atoms with Gasteiger partial charge in [0.25, 0.3) is 5.91 Å². The van der Waals surface area contributed by atoms with Gasteiger partial charge < -0.3 is 10.4 Å². The molecule has 2 N–H and O–H groups in total. The lowest BCUT2D eigenvalue weighted by atomic mass is 9.88. The minimum atomic E-state index is -0.807. The van der Waals surface area contributed by atoms with E-state index in [1.807, 2.05) is 12.3 Å². The summed E-state index contributed by atoms with van der Waals surface area (Å²) in [5.74, 6) is -0.156. The second-order valence-corrected chi connectivity index (χ2v) is 6.95. The molecule has 0 aromatic carbocycles. The lowest BCUT2D eigenvalue weighted by Gasteiger charge is -2.19. The van der Waals surface area contributed by atoms with Gasteiger partial charge in [-0.2, -0.15) is 0 Å². The molecule has 1 amide bonds. The number of thiophene rings is 1. The van der Waals surface area contributed by atoms with Crippen LogP contribution < -0.4 is 5.32 Å². The fraction of sp³-hybridized carbons (Fsp3) is 0.625. The molecular formula is C16H23NO3S. The molecule has 4 nitrogen and oxygen atoms in total. The average molecular weight is 309 g/mol. The Balaban J connectivity index is 1.96. The number of fused-ring (bicyclic) bond motifs is 1. The zero-order valence-electron chi connectivity index (χ0n) is 12.6. The second kappa shape index (κ2) is 7.07. The van der Waals surface area contributed by atoms with Crippen molar-refractivity contribution in [2.24, 2.45) is 11.8 Å². The monoisotopic (exact) mass is 309 g/mol. The summed E-state index contributed by atoms with van der Waals surface area (Å²) in [5, 5.41) is 13.7. The highest BCUT2D eigenvalue weighted by Crippen LogP contribution is 2.32. The molecule has 2 rings (SSSR count). The maximum absolute atomic E-state index is 12.3. The molecule has 0 bridgehead atoms. The fourth-order valence-corrected chi connectivity index (χ4v) is 4.05. The van der Waals surface area contributed by atoms with Gasteiger partial charge in [0.15, 0.2) is 0 Å². The zero-order valence-corrected chi connectivity index (χ0v) is 13.5. The van der Waals surface area contributed by atoms with E-state index >= 15 is 0 Å². The summed E-state index contributed by atoms with van der Waals surface area (Å²) in [7, 11) is 0. The first-order chi connectivity index (χ1) is 10.0. The molecule has 2 atom stereocenters. The Morgan fingerprint density at radius 1 is 1.52 bits per heavy atom. The van der Waals surface area contributed by atoms with E-state index in [4.69, 9.17) is 5.11 Å². The Bertz CT molecular complexity index is 524. The topological polar surface area (TPSA) is 66.4 Å². The minimum Gasteiger partial charge on any atom is -0.481 e. The van der Waals surface area contributed by atoms with Crippen LogP contribution in [-0.2, 0) is 17.6 Å². The second-order valence-electron chi connectivity index (χ2n) is 5.98. The third-order valence-electron chi connectivity index (χ3n) is 4.24. The van der Waals surface area contributed by atoms with E-state index in [9.17, 15) is 9.59 Å². The van der Waals surface area contributed by atoms with Crippen LogP contribution in [0.1, 0.15) is 53.9 Å². The number of carbonyl (C=O) groups is 2. The van der Waals surface area contributed by atoms with Gasteiger partial charge in [-0.3, -0.25) is 9.59 Å². The smallest absolute Gasteiger partial charge is 0.303 e. The van der Waals surface area contributed by atoms with Crippen molar-refractivity contribution in [2.45, 2.75) is 46.0 Å². The maximum Gasteiger partial charge on any atom is 0.303 e. The standard InChI is InChI=1S/C16H23NO3S/c1-3-11(7-15(18)19)8-17-16(20)13-9-21-14-6-10(2)4-5-12(13)14/h9-11H,3-8H2,1-2H3,(H,17,20)(H,18,19). The van der Waals surface area contributed by atoms with E-state index in [1.165, 1.54) is 10.4 Å². The molecule has 0 radical (unpaired) electrons. The molecule has 116 valence electrons. The molecule has 0 saturated heterocycles. The number of hydrogen-bond donors (Lipinski definition) is 2. The van der Waals surface area contributed by atoms with E-state index < -0.39 is 5.97 Å². The molecule has 1 aliphatic carbocycles. The number of nitrogens with one attached hydrogen (secondary N) is 1. The van der Waals surface area contributed by atoms with Crippen molar-refractivity contribution in [2.75, 3.05) is 6.54 Å². The molecule has 1 heterocycles. The van der Waals surface area contributed by atoms with Gasteiger partial charge in [0.2, 0.25) is 0 Å². The van der Waals surface area contributed by atoms with Crippen molar-refractivity contribution >= 4 is 23.2 Å². The highest BCUT2D eigenvalue weighted by Gasteiger charge is 2.23. The highest BCUT2D eigenvalue weighted by molar-refractivity contribution is 7.10. The van der Waals surface area contributed by atoms with Gasteiger partial charge in [0, 0.05) is 23.2 Å². The third kappa shape index (κ3) is 4.06. The Morgan fingerprint density at radius 3 is 2.95 bits per heavy atom. The van der Waals surface area contributed by atoms with E-state index in [0.29, 0.717) is 12.5 Å². The molecule has 21 heavy (non-hydrogen) atoms. The van der Waals surface area contributed by atoms with E-state index in [2.05, 4.69) is 12.2 Å². The predicted molar refractivity (Wildman–Crippen MR) is 83.9 cm³/mol. The quantitative estimate of drug-likeness (QED) is 0.848. The first-order valence-electron chi connectivity index (χ1n) is 7.60. The van der Waals surface area contributed by atoms with Crippen molar-refractivity contribution < 1.29 is 14.7 Å². The number of amides is 1. The van der Waals surface area contributed by atoms with Crippen molar-refractivity contribution in [3.8, 4) is 0 Å². The number of hydrogen-bond acceptors (Lipinski definition) is 3. The number of carbonyl (C=O) groups excluding carboxylic acids is 1. The summed E-state index contributed by atoms with van der Waals surface area (Å²) < 4.78 is 0. The first-order valence-corrected chi connectivity index (χ1v) is 8.48. The minimum absolute atomic E-state index is 0.000865. The summed E-state index contributed by atoms with van der Waals surface area (Å²) >= 11 is 1.68. The summed E-state index contributed by atoms with van der Waals surface area (Å²) in [6.45, 7) is 4.64. The molecule has 0 aliphatic heterocycles. The lowest BCUT2D eigenvalue weighted by molar-refractivity contribution is -0.138. The molecule has 0 fully saturated rings. The van der Waals surface area contributed by atoms with E-state index in [1.54, 1.807) is 11.3 Å². The van der Waals surface area contributed by atoms with Gasteiger partial charge in [-0.05, 0) is 36.7 Å². The predicted octanol–water partition coefficient (Wildman–Crippen LogP) is 3.10.